The molecule has 3 aromatic rings. The number of fused-ring (bicyclic) bond motifs is 1. The summed E-state index contributed by atoms with van der Waals surface area (Å²) in [5.41, 5.74) is 2.84. The zero-order chi connectivity index (χ0) is 22.0. The lowest BCUT2D eigenvalue weighted by atomic mass is 10.2. The molecule has 0 bridgehead atoms. The third-order valence-corrected chi connectivity index (χ3v) is 5.83. The first-order valence-corrected chi connectivity index (χ1v) is 10.9. The second-order valence-corrected chi connectivity index (χ2v) is 8.10. The van der Waals surface area contributed by atoms with Gasteiger partial charge in [-0.3, -0.25) is 18.7 Å². The molecule has 4 rings (SSSR count). The average Bonchev–Trinajstić information content (AvgIpc) is 3.28. The van der Waals surface area contributed by atoms with Crippen LogP contribution in [0.4, 0.5) is 11.4 Å². The van der Waals surface area contributed by atoms with Crippen molar-refractivity contribution in [1.82, 2.24) is 9.13 Å². The van der Waals surface area contributed by atoms with Crippen molar-refractivity contribution in [2.24, 2.45) is 0 Å². The van der Waals surface area contributed by atoms with E-state index in [1.807, 2.05) is 31.2 Å². The zero-order valence-corrected chi connectivity index (χ0v) is 18.2. The summed E-state index contributed by atoms with van der Waals surface area (Å²) in [6.45, 7) is 3.62. The number of imidazole rings is 1. The van der Waals surface area contributed by atoms with E-state index in [0.717, 1.165) is 23.9 Å². The van der Waals surface area contributed by atoms with Gasteiger partial charge >= 0.3 is 5.69 Å². The molecule has 7 nitrogen and oxygen atoms in total. The highest BCUT2D eigenvalue weighted by Crippen LogP contribution is 2.31. The number of para-hydroxylation sites is 2. The summed E-state index contributed by atoms with van der Waals surface area (Å²) in [6.07, 6.45) is 2.36. The summed E-state index contributed by atoms with van der Waals surface area (Å²) in [6, 6.07) is 12.8. The number of aromatic nitrogens is 2. The molecule has 0 aliphatic carbocycles. The van der Waals surface area contributed by atoms with Crippen LogP contribution in [0.15, 0.2) is 47.3 Å². The molecule has 2 amide bonds. The Balaban J connectivity index is 1.46. The van der Waals surface area contributed by atoms with Crippen LogP contribution in [0.2, 0.25) is 5.02 Å². The minimum Gasteiger partial charge on any atom is -0.326 e. The number of nitrogens with zero attached hydrogens (tertiary/aromatic N) is 3. The van der Waals surface area contributed by atoms with E-state index in [1.54, 1.807) is 32.2 Å². The Bertz CT molecular complexity index is 1200. The third-order valence-electron chi connectivity index (χ3n) is 5.53. The number of aryl methyl sites for hydroxylation is 2. The topological polar surface area (TPSA) is 76.3 Å². The normalized spacial score (nSPS) is 13.9. The molecule has 2 heterocycles. The van der Waals surface area contributed by atoms with Crippen LogP contribution in [0.25, 0.3) is 11.0 Å². The number of benzene rings is 2. The molecule has 1 aromatic heterocycles. The van der Waals surface area contributed by atoms with Gasteiger partial charge in [0, 0.05) is 38.2 Å². The lowest BCUT2D eigenvalue weighted by Gasteiger charge is -2.18. The van der Waals surface area contributed by atoms with Gasteiger partial charge in [0.25, 0.3) is 0 Å². The highest BCUT2D eigenvalue weighted by atomic mass is 35.5. The van der Waals surface area contributed by atoms with Crippen LogP contribution in [-0.4, -0.2) is 27.5 Å². The molecule has 1 saturated heterocycles. The first kappa shape index (κ1) is 21.2. The Kier molecular flexibility index (Phi) is 6.13. The SMILES string of the molecule is CCCn1c(=O)n(CCC(=O)Nc2ccc(N3CCCC3=O)c(Cl)c2)c2ccccc21. The van der Waals surface area contributed by atoms with E-state index < -0.39 is 0 Å². The number of anilines is 2. The molecular weight excluding hydrogens is 416 g/mol. The number of halogens is 1. The fourth-order valence-corrected chi connectivity index (χ4v) is 4.35. The van der Waals surface area contributed by atoms with Crippen molar-refractivity contribution in [1.29, 1.82) is 0 Å². The number of amides is 2. The zero-order valence-electron chi connectivity index (χ0n) is 17.4. The van der Waals surface area contributed by atoms with E-state index in [2.05, 4.69) is 5.32 Å². The van der Waals surface area contributed by atoms with Crippen LogP contribution in [0.3, 0.4) is 0 Å². The van der Waals surface area contributed by atoms with Gasteiger partial charge in [-0.1, -0.05) is 30.7 Å². The van der Waals surface area contributed by atoms with Gasteiger partial charge in [0.05, 0.1) is 21.7 Å². The molecular formula is C23H25ClN4O3. The molecule has 0 radical (unpaired) electrons. The van der Waals surface area contributed by atoms with Crippen molar-refractivity contribution in [2.75, 3.05) is 16.8 Å². The van der Waals surface area contributed by atoms with Gasteiger partial charge in [-0.05, 0) is 43.2 Å². The van der Waals surface area contributed by atoms with Crippen LogP contribution >= 0.6 is 11.6 Å². The molecule has 8 heteroatoms. The van der Waals surface area contributed by atoms with Crippen molar-refractivity contribution in [3.8, 4) is 0 Å². The van der Waals surface area contributed by atoms with Gasteiger partial charge in [0.2, 0.25) is 11.8 Å². The second kappa shape index (κ2) is 8.98. The first-order valence-electron chi connectivity index (χ1n) is 10.6. The molecule has 1 fully saturated rings. The van der Waals surface area contributed by atoms with Crippen molar-refractivity contribution >= 4 is 45.8 Å². The Labute approximate surface area is 185 Å². The Morgan fingerprint density at radius 2 is 1.77 bits per heavy atom. The minimum atomic E-state index is -0.208. The van der Waals surface area contributed by atoms with Gasteiger partial charge in [-0.25, -0.2) is 4.79 Å². The van der Waals surface area contributed by atoms with Crippen LogP contribution < -0.4 is 15.9 Å². The van der Waals surface area contributed by atoms with Crippen molar-refractivity contribution in [3.05, 3.63) is 58.0 Å². The molecule has 1 aliphatic heterocycles. The molecule has 31 heavy (non-hydrogen) atoms. The molecule has 0 spiro atoms. The molecule has 0 unspecified atom stereocenters. The fourth-order valence-electron chi connectivity index (χ4n) is 4.07. The van der Waals surface area contributed by atoms with Crippen LogP contribution in [0, 0.1) is 0 Å². The summed E-state index contributed by atoms with van der Waals surface area (Å²) >= 11 is 6.36. The standard InChI is InChI=1S/C23H25ClN4O3/c1-2-12-27-19-6-3-4-7-20(19)28(23(27)31)14-11-21(29)25-16-9-10-18(17(24)15-16)26-13-5-8-22(26)30/h3-4,6-7,9-10,15H,2,5,8,11-14H2,1H3,(H,25,29). The molecule has 162 valence electrons. The van der Waals surface area contributed by atoms with Gasteiger partial charge in [-0.15, -0.1) is 0 Å². The maximum Gasteiger partial charge on any atom is 0.329 e. The van der Waals surface area contributed by atoms with E-state index in [-0.39, 0.29) is 30.5 Å². The predicted molar refractivity (Wildman–Crippen MR) is 123 cm³/mol. The molecule has 0 atom stereocenters. The van der Waals surface area contributed by atoms with Gasteiger partial charge in [-0.2, -0.15) is 0 Å². The van der Waals surface area contributed by atoms with E-state index in [0.29, 0.717) is 35.9 Å². The van der Waals surface area contributed by atoms with E-state index in [4.69, 9.17) is 11.6 Å². The summed E-state index contributed by atoms with van der Waals surface area (Å²) in [7, 11) is 0. The predicted octanol–water partition coefficient (Wildman–Crippen LogP) is 4.02. The maximum atomic E-state index is 12.8. The fraction of sp³-hybridized carbons (Fsp3) is 0.348. The lowest BCUT2D eigenvalue weighted by molar-refractivity contribution is -0.117. The maximum absolute atomic E-state index is 12.8. The summed E-state index contributed by atoms with van der Waals surface area (Å²) < 4.78 is 3.41. The Morgan fingerprint density at radius 1 is 1.06 bits per heavy atom. The largest absolute Gasteiger partial charge is 0.329 e. The minimum absolute atomic E-state index is 0.0614. The Hall–Kier alpha value is -3.06. The van der Waals surface area contributed by atoms with Gasteiger partial charge in [0.1, 0.15) is 0 Å². The second-order valence-electron chi connectivity index (χ2n) is 7.69. The van der Waals surface area contributed by atoms with Crippen molar-refractivity contribution < 1.29 is 9.59 Å². The van der Waals surface area contributed by atoms with E-state index in [9.17, 15) is 14.4 Å². The molecule has 2 aromatic carbocycles. The van der Waals surface area contributed by atoms with Crippen LogP contribution in [-0.2, 0) is 22.7 Å². The Morgan fingerprint density at radius 3 is 2.39 bits per heavy atom. The van der Waals surface area contributed by atoms with Gasteiger partial charge < -0.3 is 10.2 Å². The highest BCUT2D eigenvalue weighted by Gasteiger charge is 2.23. The average molecular weight is 441 g/mol. The van der Waals surface area contributed by atoms with Crippen molar-refractivity contribution in [3.63, 3.8) is 0 Å². The summed E-state index contributed by atoms with van der Waals surface area (Å²) in [4.78, 5) is 39.0. The number of hydrogen-bond acceptors (Lipinski definition) is 3. The smallest absolute Gasteiger partial charge is 0.326 e. The lowest BCUT2D eigenvalue weighted by Crippen LogP contribution is -2.26. The number of rotatable bonds is 7. The van der Waals surface area contributed by atoms with Crippen LogP contribution in [0.1, 0.15) is 32.6 Å². The molecule has 1 N–H and O–H groups in total. The number of carbonyl (C=O) groups is 2. The molecule has 1 aliphatic rings. The summed E-state index contributed by atoms with van der Waals surface area (Å²) in [5.74, 6) is -0.147. The quantitative estimate of drug-likeness (QED) is 0.602. The van der Waals surface area contributed by atoms with E-state index >= 15 is 0 Å². The highest BCUT2D eigenvalue weighted by molar-refractivity contribution is 6.34. The number of nitrogens with one attached hydrogen (secondary N) is 1. The molecule has 0 saturated carbocycles. The first-order chi connectivity index (χ1) is 15.0. The summed E-state index contributed by atoms with van der Waals surface area (Å²) in [5, 5.41) is 3.26. The van der Waals surface area contributed by atoms with E-state index in [1.165, 1.54) is 0 Å². The number of carbonyl (C=O) groups excluding carboxylic acids is 2. The van der Waals surface area contributed by atoms with Gasteiger partial charge in [0.15, 0.2) is 0 Å². The monoisotopic (exact) mass is 440 g/mol. The number of hydrogen-bond donors (Lipinski definition) is 1. The van der Waals surface area contributed by atoms with Crippen LogP contribution in [0.5, 0.6) is 0 Å². The third kappa shape index (κ3) is 4.23. The van der Waals surface area contributed by atoms with Crippen molar-refractivity contribution in [2.45, 2.75) is 45.7 Å².